The minimum Gasteiger partial charge on any atom is -0.348 e. The van der Waals surface area contributed by atoms with Crippen molar-refractivity contribution in [2.45, 2.75) is 82.7 Å². The molecule has 3 aliphatic rings. The van der Waals surface area contributed by atoms with E-state index in [0.717, 1.165) is 73.4 Å². The van der Waals surface area contributed by atoms with Gasteiger partial charge in [0.2, 0.25) is 0 Å². The molecule has 33 heavy (non-hydrogen) atoms. The number of nitrogens with one attached hydrogen (secondary N) is 1. The zero-order valence-electron chi connectivity index (χ0n) is 19.0. The van der Waals surface area contributed by atoms with Crippen LogP contribution in [-0.4, -0.2) is 21.7 Å². The number of nitrogens with zero attached hydrogens (tertiary/aromatic N) is 2. The maximum atomic E-state index is 13.2. The third-order valence-electron chi connectivity index (χ3n) is 7.27. The Balaban J connectivity index is 1.51. The fourth-order valence-corrected chi connectivity index (χ4v) is 5.65. The largest absolute Gasteiger partial charge is 0.348 e. The van der Waals surface area contributed by atoms with Crippen molar-refractivity contribution >= 4 is 29.1 Å². The molecule has 1 N–H and O–H groups in total. The lowest BCUT2D eigenvalue weighted by Crippen LogP contribution is -2.40. The minimum atomic E-state index is -0.00123. The van der Waals surface area contributed by atoms with Crippen molar-refractivity contribution < 1.29 is 4.79 Å². The van der Waals surface area contributed by atoms with Crippen LogP contribution in [0.1, 0.15) is 84.6 Å². The minimum absolute atomic E-state index is 0.00123. The Morgan fingerprint density at radius 3 is 2.67 bits per heavy atom. The third-order valence-corrected chi connectivity index (χ3v) is 7.82. The highest BCUT2D eigenvalue weighted by molar-refractivity contribution is 6.30. The molecule has 6 heteroatoms. The zero-order valence-corrected chi connectivity index (χ0v) is 20.5. The average molecular weight is 484 g/mol. The van der Waals surface area contributed by atoms with Crippen molar-refractivity contribution in [3.8, 4) is 0 Å². The Morgan fingerprint density at radius 2 is 1.94 bits per heavy atom. The van der Waals surface area contributed by atoms with Crippen LogP contribution in [0.5, 0.6) is 0 Å². The number of amides is 1. The van der Waals surface area contributed by atoms with E-state index in [4.69, 9.17) is 28.3 Å². The number of fused-ring (bicyclic) bond motifs is 1. The van der Waals surface area contributed by atoms with Crippen LogP contribution in [0.2, 0.25) is 5.02 Å². The van der Waals surface area contributed by atoms with Gasteiger partial charge in [-0.3, -0.25) is 9.48 Å². The molecule has 0 spiro atoms. The summed E-state index contributed by atoms with van der Waals surface area (Å²) >= 11 is 12.5. The van der Waals surface area contributed by atoms with Crippen molar-refractivity contribution in [3.05, 3.63) is 74.6 Å². The molecule has 2 aromatic rings. The van der Waals surface area contributed by atoms with E-state index in [0.29, 0.717) is 24.2 Å². The summed E-state index contributed by atoms with van der Waals surface area (Å²) in [7, 11) is 0. The van der Waals surface area contributed by atoms with Gasteiger partial charge in [-0.05, 0) is 87.1 Å². The van der Waals surface area contributed by atoms with Crippen LogP contribution in [-0.2, 0) is 19.4 Å². The highest BCUT2D eigenvalue weighted by Crippen LogP contribution is 2.36. The molecular formula is C27H31Cl2N3O. The Bertz CT molecular complexity index is 1100. The number of carbonyl (C=O) groups is 1. The number of allylic oxidation sites excluding steroid dienone is 4. The van der Waals surface area contributed by atoms with E-state index in [-0.39, 0.29) is 5.91 Å². The SMILES string of the molecule is O=C(NC1CCC1)c1nn(CC2=CC=C(Cl)CC2)c2c1CCCCC2Cc1cccc(Cl)c1. The maximum absolute atomic E-state index is 13.2. The Morgan fingerprint density at radius 1 is 1.06 bits per heavy atom. The standard InChI is InChI=1S/C27H31Cl2N3O/c28-21-13-11-18(12-14-21)17-32-26-20(15-19-5-3-7-22(29)16-19)6-1-2-10-24(26)25(31-32)27(33)30-23-8-4-9-23/h3,5,7,11,13,16,20,23H,1-2,4,6,8-10,12,14-15,17H2,(H,30,33). The van der Waals surface area contributed by atoms with E-state index in [9.17, 15) is 4.79 Å². The average Bonchev–Trinajstić information content (AvgIpc) is 2.99. The summed E-state index contributed by atoms with van der Waals surface area (Å²) in [6, 6.07) is 8.46. The molecule has 4 nitrogen and oxygen atoms in total. The van der Waals surface area contributed by atoms with Crippen molar-refractivity contribution in [2.75, 3.05) is 0 Å². The van der Waals surface area contributed by atoms with Crippen LogP contribution in [0, 0.1) is 0 Å². The van der Waals surface area contributed by atoms with Crippen LogP contribution in [0.4, 0.5) is 0 Å². The molecule has 5 rings (SSSR count). The fourth-order valence-electron chi connectivity index (χ4n) is 5.28. The first-order valence-electron chi connectivity index (χ1n) is 12.3. The molecule has 0 aliphatic heterocycles. The van der Waals surface area contributed by atoms with Gasteiger partial charge in [0.05, 0.1) is 6.54 Å². The first-order chi connectivity index (χ1) is 16.1. The summed E-state index contributed by atoms with van der Waals surface area (Å²) in [5, 5.41) is 9.85. The second-order valence-corrected chi connectivity index (χ2v) is 10.6. The fraction of sp³-hybridized carbons (Fsp3) is 0.481. The van der Waals surface area contributed by atoms with Gasteiger partial charge in [0.15, 0.2) is 5.69 Å². The van der Waals surface area contributed by atoms with E-state index in [1.165, 1.54) is 23.3 Å². The first kappa shape index (κ1) is 22.7. The molecule has 1 fully saturated rings. The molecule has 0 radical (unpaired) electrons. The van der Waals surface area contributed by atoms with E-state index < -0.39 is 0 Å². The summed E-state index contributed by atoms with van der Waals surface area (Å²) in [6.45, 7) is 0.714. The second-order valence-electron chi connectivity index (χ2n) is 9.69. The molecule has 3 aliphatic carbocycles. The van der Waals surface area contributed by atoms with Crippen molar-refractivity contribution in [3.63, 3.8) is 0 Å². The summed E-state index contributed by atoms with van der Waals surface area (Å²) in [5.74, 6) is 0.320. The van der Waals surface area contributed by atoms with Crippen molar-refractivity contribution in [1.82, 2.24) is 15.1 Å². The van der Waals surface area contributed by atoms with E-state index >= 15 is 0 Å². The van der Waals surface area contributed by atoms with Gasteiger partial charge in [-0.15, -0.1) is 0 Å². The van der Waals surface area contributed by atoms with E-state index in [2.05, 4.69) is 28.2 Å². The van der Waals surface area contributed by atoms with Crippen LogP contribution >= 0.6 is 23.2 Å². The number of aromatic nitrogens is 2. The van der Waals surface area contributed by atoms with Gasteiger partial charge in [0.1, 0.15) is 0 Å². The van der Waals surface area contributed by atoms with Gasteiger partial charge < -0.3 is 5.32 Å². The van der Waals surface area contributed by atoms with Crippen LogP contribution in [0.3, 0.4) is 0 Å². The Labute approximate surface area is 206 Å². The van der Waals surface area contributed by atoms with Gasteiger partial charge >= 0.3 is 0 Å². The quantitative estimate of drug-likeness (QED) is 0.463. The van der Waals surface area contributed by atoms with Gasteiger partial charge in [0, 0.05) is 33.3 Å². The second kappa shape index (κ2) is 10.1. The van der Waals surface area contributed by atoms with Gasteiger partial charge in [-0.1, -0.05) is 47.8 Å². The molecular weight excluding hydrogens is 453 g/mol. The summed E-state index contributed by atoms with van der Waals surface area (Å²) in [4.78, 5) is 13.2. The number of hydrogen-bond acceptors (Lipinski definition) is 2. The highest BCUT2D eigenvalue weighted by atomic mass is 35.5. The number of hydrogen-bond donors (Lipinski definition) is 1. The van der Waals surface area contributed by atoms with Crippen molar-refractivity contribution in [1.29, 1.82) is 0 Å². The molecule has 1 unspecified atom stereocenters. The maximum Gasteiger partial charge on any atom is 0.272 e. The molecule has 0 saturated heterocycles. The normalized spacial score (nSPS) is 20.8. The Hall–Kier alpha value is -2.04. The summed E-state index contributed by atoms with van der Waals surface area (Å²) < 4.78 is 2.13. The molecule has 1 atom stereocenters. The predicted molar refractivity (Wildman–Crippen MR) is 134 cm³/mol. The summed E-state index contributed by atoms with van der Waals surface area (Å²) in [6.07, 6.45) is 14.5. The monoisotopic (exact) mass is 483 g/mol. The van der Waals surface area contributed by atoms with Gasteiger partial charge in [-0.25, -0.2) is 0 Å². The van der Waals surface area contributed by atoms with Crippen LogP contribution in [0.15, 0.2) is 47.0 Å². The smallest absolute Gasteiger partial charge is 0.272 e. The van der Waals surface area contributed by atoms with Crippen LogP contribution < -0.4 is 5.32 Å². The zero-order chi connectivity index (χ0) is 22.8. The number of carbonyl (C=O) groups excluding carboxylic acids is 1. The molecule has 1 aromatic heterocycles. The topological polar surface area (TPSA) is 46.9 Å². The van der Waals surface area contributed by atoms with Gasteiger partial charge in [-0.2, -0.15) is 5.10 Å². The molecule has 174 valence electrons. The number of benzene rings is 1. The van der Waals surface area contributed by atoms with Gasteiger partial charge in [0.25, 0.3) is 5.91 Å². The molecule has 1 aromatic carbocycles. The summed E-state index contributed by atoms with van der Waals surface area (Å²) in [5.41, 5.74) is 5.58. The van der Waals surface area contributed by atoms with Crippen LogP contribution in [0.25, 0.3) is 0 Å². The molecule has 1 heterocycles. The first-order valence-corrected chi connectivity index (χ1v) is 13.0. The lowest BCUT2D eigenvalue weighted by Gasteiger charge is -2.26. The lowest BCUT2D eigenvalue weighted by atomic mass is 9.90. The lowest BCUT2D eigenvalue weighted by molar-refractivity contribution is 0.0910. The molecule has 1 saturated carbocycles. The number of rotatable bonds is 6. The predicted octanol–water partition coefficient (Wildman–Crippen LogP) is 6.71. The Kier molecular flexibility index (Phi) is 6.94. The molecule has 1 amide bonds. The van der Waals surface area contributed by atoms with Crippen molar-refractivity contribution in [2.24, 2.45) is 0 Å². The number of halogens is 2. The highest BCUT2D eigenvalue weighted by Gasteiger charge is 2.31. The molecule has 0 bridgehead atoms. The van der Waals surface area contributed by atoms with E-state index in [1.807, 2.05) is 18.2 Å². The third kappa shape index (κ3) is 5.22. The van der Waals surface area contributed by atoms with E-state index in [1.54, 1.807) is 0 Å².